The molecule has 148 valence electrons. The van der Waals surface area contributed by atoms with Gasteiger partial charge in [-0.1, -0.05) is 11.6 Å². The predicted molar refractivity (Wildman–Crippen MR) is 92.7 cm³/mol. The highest BCUT2D eigenvalue weighted by atomic mass is 35.5. The van der Waals surface area contributed by atoms with Crippen molar-refractivity contribution in [2.75, 3.05) is 44.2 Å². The lowest BCUT2D eigenvalue weighted by Gasteiger charge is -2.38. The minimum Gasteiger partial charge on any atom is -0.475 e. The molecule has 0 radical (unpaired) electrons. The summed E-state index contributed by atoms with van der Waals surface area (Å²) in [6.07, 6.45) is -2.25. The topological polar surface area (TPSA) is 92.5 Å². The van der Waals surface area contributed by atoms with E-state index in [2.05, 4.69) is 26.2 Å². The Labute approximate surface area is 159 Å². The highest BCUT2D eigenvalue weighted by molar-refractivity contribution is 6.33. The number of hydrogen-bond acceptors (Lipinski definition) is 6. The Morgan fingerprint density at radius 2 is 2.00 bits per heavy atom. The summed E-state index contributed by atoms with van der Waals surface area (Å²) in [4.78, 5) is 18.0. The molecule has 7 nitrogen and oxygen atoms in total. The van der Waals surface area contributed by atoms with Crippen molar-refractivity contribution < 1.29 is 23.1 Å². The highest BCUT2D eigenvalue weighted by Crippen LogP contribution is 2.25. The van der Waals surface area contributed by atoms with Gasteiger partial charge in [-0.25, -0.2) is 9.78 Å². The van der Waals surface area contributed by atoms with Crippen LogP contribution in [0.2, 0.25) is 5.02 Å². The van der Waals surface area contributed by atoms with E-state index in [9.17, 15) is 13.2 Å². The second-order valence-corrected chi connectivity index (χ2v) is 6.52. The fourth-order valence-corrected chi connectivity index (χ4v) is 3.26. The van der Waals surface area contributed by atoms with Gasteiger partial charge in [0.1, 0.15) is 11.9 Å². The maximum atomic E-state index is 10.6. The zero-order chi connectivity index (χ0) is 20.0. The lowest BCUT2D eigenvalue weighted by Crippen LogP contribution is -2.51. The van der Waals surface area contributed by atoms with Gasteiger partial charge in [0.15, 0.2) is 0 Å². The maximum Gasteiger partial charge on any atom is 0.490 e. The summed E-state index contributed by atoms with van der Waals surface area (Å²) >= 11 is 6.23. The molecule has 2 aliphatic rings. The number of carboxylic acid groups (broad SMARTS) is 1. The van der Waals surface area contributed by atoms with E-state index in [1.54, 1.807) is 12.3 Å². The van der Waals surface area contributed by atoms with Crippen molar-refractivity contribution in [1.29, 1.82) is 5.26 Å². The number of rotatable bonds is 2. The molecule has 1 aromatic heterocycles. The van der Waals surface area contributed by atoms with Crippen LogP contribution in [0.3, 0.4) is 0 Å². The molecule has 3 rings (SSSR count). The molecule has 2 N–H and O–H groups in total. The summed E-state index contributed by atoms with van der Waals surface area (Å²) in [5.74, 6) is -1.96. The van der Waals surface area contributed by atoms with E-state index in [-0.39, 0.29) is 0 Å². The Morgan fingerprint density at radius 1 is 1.37 bits per heavy atom. The third-order valence-corrected chi connectivity index (χ3v) is 4.64. The first-order valence-electron chi connectivity index (χ1n) is 8.28. The van der Waals surface area contributed by atoms with Gasteiger partial charge in [0, 0.05) is 45.0 Å². The Balaban J connectivity index is 0.000000321. The van der Waals surface area contributed by atoms with E-state index < -0.39 is 12.1 Å². The minimum atomic E-state index is -5.08. The first-order chi connectivity index (χ1) is 12.7. The summed E-state index contributed by atoms with van der Waals surface area (Å²) in [5, 5.41) is 20.0. The minimum absolute atomic E-state index is 0.509. The van der Waals surface area contributed by atoms with Crippen molar-refractivity contribution in [3.05, 3.63) is 22.8 Å². The molecule has 0 amide bonds. The number of piperazine rings is 1. The number of aliphatic carboxylic acids is 1. The maximum absolute atomic E-state index is 10.6. The molecule has 2 fully saturated rings. The van der Waals surface area contributed by atoms with Gasteiger partial charge < -0.3 is 15.3 Å². The third-order valence-electron chi connectivity index (χ3n) is 4.36. The molecular formula is C16H19ClF3N5O2. The second-order valence-electron chi connectivity index (χ2n) is 6.11. The molecule has 0 bridgehead atoms. The van der Waals surface area contributed by atoms with E-state index in [0.29, 0.717) is 16.6 Å². The van der Waals surface area contributed by atoms with Crippen molar-refractivity contribution in [2.24, 2.45) is 0 Å². The fraction of sp³-hybridized carbons (Fsp3) is 0.562. The van der Waals surface area contributed by atoms with Crippen LogP contribution in [0.4, 0.5) is 19.0 Å². The van der Waals surface area contributed by atoms with Crippen LogP contribution < -0.4 is 10.2 Å². The fourth-order valence-electron chi connectivity index (χ4n) is 2.97. The van der Waals surface area contributed by atoms with Gasteiger partial charge in [0.05, 0.1) is 10.6 Å². The summed E-state index contributed by atoms with van der Waals surface area (Å²) in [6, 6.07) is 4.44. The lowest BCUT2D eigenvalue weighted by molar-refractivity contribution is -0.192. The first-order valence-corrected chi connectivity index (χ1v) is 8.65. The SMILES string of the molecule is N#Cc1cnc(N2CCN(C3CCNC3)CC2)c(Cl)c1.O=C(O)C(F)(F)F. The molecule has 1 aromatic rings. The predicted octanol–water partition coefficient (Wildman–Crippen LogP) is 1.72. The number of halogens is 4. The van der Waals surface area contributed by atoms with Crippen molar-refractivity contribution in [3.8, 4) is 6.07 Å². The van der Waals surface area contributed by atoms with Gasteiger partial charge in [-0.3, -0.25) is 4.90 Å². The van der Waals surface area contributed by atoms with Crippen molar-refractivity contribution in [1.82, 2.24) is 15.2 Å². The van der Waals surface area contributed by atoms with Crippen LogP contribution in [0.15, 0.2) is 12.3 Å². The summed E-state index contributed by atoms with van der Waals surface area (Å²) in [7, 11) is 0. The normalized spacial score (nSPS) is 20.6. The number of anilines is 1. The molecule has 0 saturated carbocycles. The number of nitrogens with one attached hydrogen (secondary N) is 1. The highest BCUT2D eigenvalue weighted by Gasteiger charge is 2.38. The number of carbonyl (C=O) groups is 1. The van der Waals surface area contributed by atoms with Crippen LogP contribution >= 0.6 is 11.6 Å². The number of alkyl halides is 3. The van der Waals surface area contributed by atoms with Gasteiger partial charge in [-0.2, -0.15) is 18.4 Å². The standard InChI is InChI=1S/C14H18ClN5.C2HF3O2/c15-13-7-11(8-16)9-18-14(13)20-5-3-19(4-6-20)12-1-2-17-10-12;3-2(4,5)1(6)7/h7,9,12,17H,1-6,10H2;(H,6,7). The van der Waals surface area contributed by atoms with Crippen LogP contribution in [-0.2, 0) is 4.79 Å². The number of pyridine rings is 1. The molecule has 0 spiro atoms. The lowest BCUT2D eigenvalue weighted by atomic mass is 10.2. The molecule has 1 atom stereocenters. The summed E-state index contributed by atoms with van der Waals surface area (Å²) < 4.78 is 31.7. The van der Waals surface area contributed by atoms with Crippen LogP contribution in [0.5, 0.6) is 0 Å². The zero-order valence-electron chi connectivity index (χ0n) is 14.3. The quantitative estimate of drug-likeness (QED) is 0.774. The molecule has 0 aromatic carbocycles. The van der Waals surface area contributed by atoms with Gasteiger partial charge in [0.2, 0.25) is 0 Å². The smallest absolute Gasteiger partial charge is 0.475 e. The summed E-state index contributed by atoms with van der Waals surface area (Å²) in [6.45, 7) is 6.21. The number of hydrogen-bond donors (Lipinski definition) is 2. The van der Waals surface area contributed by atoms with Crippen molar-refractivity contribution >= 4 is 23.4 Å². The molecule has 0 aliphatic carbocycles. The van der Waals surface area contributed by atoms with Crippen molar-refractivity contribution in [3.63, 3.8) is 0 Å². The van der Waals surface area contributed by atoms with Crippen LogP contribution in [0.25, 0.3) is 0 Å². The Hall–Kier alpha value is -2.09. The van der Waals surface area contributed by atoms with E-state index in [1.807, 2.05) is 0 Å². The van der Waals surface area contributed by atoms with Crippen LogP contribution in [0.1, 0.15) is 12.0 Å². The van der Waals surface area contributed by atoms with Gasteiger partial charge in [0.25, 0.3) is 0 Å². The van der Waals surface area contributed by atoms with E-state index in [1.165, 1.54) is 6.42 Å². The van der Waals surface area contributed by atoms with E-state index >= 15 is 0 Å². The average Bonchev–Trinajstić information content (AvgIpc) is 3.16. The molecular weight excluding hydrogens is 387 g/mol. The third kappa shape index (κ3) is 5.95. The monoisotopic (exact) mass is 405 g/mol. The number of nitrogens with zero attached hydrogens (tertiary/aromatic N) is 4. The van der Waals surface area contributed by atoms with Crippen LogP contribution in [0, 0.1) is 11.3 Å². The number of nitriles is 1. The first kappa shape index (κ1) is 21.2. The van der Waals surface area contributed by atoms with Crippen molar-refractivity contribution in [2.45, 2.75) is 18.6 Å². The number of aromatic nitrogens is 1. The van der Waals surface area contributed by atoms with Gasteiger partial charge >= 0.3 is 12.1 Å². The zero-order valence-corrected chi connectivity index (χ0v) is 15.1. The molecule has 11 heteroatoms. The Morgan fingerprint density at radius 3 is 2.44 bits per heavy atom. The average molecular weight is 406 g/mol. The molecule has 27 heavy (non-hydrogen) atoms. The van der Waals surface area contributed by atoms with Gasteiger partial charge in [-0.05, 0) is 19.0 Å². The Bertz CT molecular complexity index is 696. The van der Waals surface area contributed by atoms with Crippen LogP contribution in [-0.4, -0.2) is 72.4 Å². The molecule has 3 heterocycles. The summed E-state index contributed by atoms with van der Waals surface area (Å²) in [5.41, 5.74) is 0.509. The van der Waals surface area contributed by atoms with E-state index in [4.69, 9.17) is 26.8 Å². The molecule has 2 saturated heterocycles. The number of carboxylic acids is 1. The second kappa shape index (κ2) is 9.21. The van der Waals surface area contributed by atoms with E-state index in [0.717, 1.165) is 45.1 Å². The Kier molecular flexibility index (Phi) is 7.24. The van der Waals surface area contributed by atoms with Gasteiger partial charge in [-0.15, -0.1) is 0 Å². The largest absolute Gasteiger partial charge is 0.490 e. The molecule has 1 unspecified atom stereocenters. The molecule has 2 aliphatic heterocycles.